The molecule has 0 heterocycles. The summed E-state index contributed by atoms with van der Waals surface area (Å²) < 4.78 is 61.8. The summed E-state index contributed by atoms with van der Waals surface area (Å²) >= 11 is 0. The number of halogens is 4. The van der Waals surface area contributed by atoms with Crippen LogP contribution < -0.4 is 9.92 Å². The van der Waals surface area contributed by atoms with Crippen LogP contribution in [-0.4, -0.2) is 9.52 Å². The second-order valence-corrected chi connectivity index (χ2v) is 11.4. The zero-order valence-electron chi connectivity index (χ0n) is 20.6. The fourth-order valence-corrected chi connectivity index (χ4v) is 5.31. The normalized spacial score (nSPS) is 11.9. The van der Waals surface area contributed by atoms with E-state index in [9.17, 15) is 13.2 Å². The highest BCUT2D eigenvalue weighted by molar-refractivity contribution is 6.53. The van der Waals surface area contributed by atoms with E-state index in [-0.39, 0.29) is 28.1 Å². The highest BCUT2D eigenvalue weighted by Gasteiger charge is 2.39. The van der Waals surface area contributed by atoms with Crippen LogP contribution in [0, 0.1) is 5.82 Å². The van der Waals surface area contributed by atoms with Crippen LogP contribution >= 0.6 is 0 Å². The van der Waals surface area contributed by atoms with Crippen molar-refractivity contribution in [1.82, 2.24) is 0 Å². The van der Waals surface area contributed by atoms with Gasteiger partial charge in [0.2, 0.25) is 0 Å². The van der Waals surface area contributed by atoms with Crippen LogP contribution in [0.1, 0.15) is 60.9 Å². The molecule has 0 aliphatic carbocycles. The summed E-state index contributed by atoms with van der Waals surface area (Å²) in [6, 6.07) is 19.6. The highest BCUT2D eigenvalue weighted by Crippen LogP contribution is 2.40. The van der Waals surface area contributed by atoms with Crippen molar-refractivity contribution in [2.45, 2.75) is 71.2 Å². The standard InChI is InChI=1S/C29H34F4OSi/c1-3-5-6-7-21-8-10-23(11-9-21)20-34-26-19-16-24(28(30)27(26)29(31,32)33)15-12-22-13-17-25(18-14-22)35-4-2/h8-11,13-14,16-19H,3-7,12,15,20,35H2,1-2H3. The number of aryl methyl sites for hydroxylation is 3. The largest absolute Gasteiger partial charge is 0.488 e. The van der Waals surface area contributed by atoms with Crippen LogP contribution in [-0.2, 0) is 32.0 Å². The van der Waals surface area contributed by atoms with Crippen molar-refractivity contribution in [3.63, 3.8) is 0 Å². The lowest BCUT2D eigenvalue weighted by Crippen LogP contribution is -2.14. The summed E-state index contributed by atoms with van der Waals surface area (Å²) in [6.07, 6.45) is 0.232. The summed E-state index contributed by atoms with van der Waals surface area (Å²) in [4.78, 5) is 0. The third-order valence-corrected chi connectivity index (χ3v) is 7.75. The molecule has 3 aromatic rings. The smallest absolute Gasteiger partial charge is 0.422 e. The van der Waals surface area contributed by atoms with E-state index in [1.54, 1.807) is 0 Å². The average Bonchev–Trinajstić information content (AvgIpc) is 2.83. The van der Waals surface area contributed by atoms with Gasteiger partial charge in [0, 0.05) is 0 Å². The van der Waals surface area contributed by atoms with Crippen molar-refractivity contribution in [3.8, 4) is 5.75 Å². The van der Waals surface area contributed by atoms with Gasteiger partial charge in [0.25, 0.3) is 0 Å². The molecule has 3 aromatic carbocycles. The summed E-state index contributed by atoms with van der Waals surface area (Å²) in [5.41, 5.74) is 1.65. The molecule has 0 radical (unpaired) electrons. The average molecular weight is 503 g/mol. The summed E-state index contributed by atoms with van der Waals surface area (Å²) in [5, 5.41) is 1.36. The van der Waals surface area contributed by atoms with Crippen molar-refractivity contribution in [2.24, 2.45) is 0 Å². The molecule has 0 spiro atoms. The molecule has 0 saturated heterocycles. The Hall–Kier alpha value is -2.60. The van der Waals surface area contributed by atoms with Gasteiger partial charge >= 0.3 is 6.18 Å². The molecule has 188 valence electrons. The Morgan fingerprint density at radius 2 is 1.37 bits per heavy atom. The maximum absolute atomic E-state index is 15.0. The molecule has 0 saturated carbocycles. The Kier molecular flexibility index (Phi) is 9.96. The van der Waals surface area contributed by atoms with Crippen molar-refractivity contribution >= 4 is 14.7 Å². The molecule has 35 heavy (non-hydrogen) atoms. The van der Waals surface area contributed by atoms with E-state index in [4.69, 9.17) is 4.74 Å². The van der Waals surface area contributed by atoms with Gasteiger partial charge in [-0.25, -0.2) is 4.39 Å². The van der Waals surface area contributed by atoms with Crippen molar-refractivity contribution in [2.75, 3.05) is 0 Å². The van der Waals surface area contributed by atoms with Crippen LogP contribution in [0.15, 0.2) is 60.7 Å². The molecular weight excluding hydrogens is 468 g/mol. The van der Waals surface area contributed by atoms with Gasteiger partial charge in [-0.15, -0.1) is 0 Å². The fraction of sp³-hybridized carbons (Fsp3) is 0.379. The lowest BCUT2D eigenvalue weighted by Gasteiger charge is -2.17. The van der Waals surface area contributed by atoms with Crippen LogP contribution in [0.2, 0.25) is 6.04 Å². The molecule has 0 atom stereocenters. The minimum atomic E-state index is -4.84. The Morgan fingerprint density at radius 3 is 2.00 bits per heavy atom. The number of hydrogen-bond acceptors (Lipinski definition) is 1. The van der Waals surface area contributed by atoms with E-state index in [1.165, 1.54) is 35.3 Å². The predicted octanol–water partition coefficient (Wildman–Crippen LogP) is 7.17. The van der Waals surface area contributed by atoms with E-state index >= 15 is 4.39 Å². The number of alkyl halides is 3. The molecule has 0 aliphatic rings. The first kappa shape index (κ1) is 27.0. The van der Waals surface area contributed by atoms with E-state index in [0.717, 1.165) is 30.4 Å². The Morgan fingerprint density at radius 1 is 0.743 bits per heavy atom. The number of unbranched alkanes of at least 4 members (excludes halogenated alkanes) is 2. The van der Waals surface area contributed by atoms with Crippen LogP contribution in [0.4, 0.5) is 17.6 Å². The molecule has 0 aliphatic heterocycles. The summed E-state index contributed by atoms with van der Waals surface area (Å²) in [6.45, 7) is 4.27. The molecule has 1 nitrogen and oxygen atoms in total. The Bertz CT molecular complexity index is 1060. The first-order valence-corrected chi connectivity index (χ1v) is 14.2. The van der Waals surface area contributed by atoms with Crippen LogP contribution in [0.3, 0.4) is 0 Å². The van der Waals surface area contributed by atoms with Gasteiger partial charge in [0.1, 0.15) is 23.7 Å². The first-order valence-electron chi connectivity index (χ1n) is 12.5. The molecule has 0 bridgehead atoms. The Balaban J connectivity index is 1.69. The molecule has 6 heteroatoms. The molecule has 0 fully saturated rings. The highest BCUT2D eigenvalue weighted by atomic mass is 28.2. The molecule has 3 rings (SSSR count). The predicted molar refractivity (Wildman–Crippen MR) is 138 cm³/mol. The molecule has 0 N–H and O–H groups in total. The molecule has 0 aromatic heterocycles. The van der Waals surface area contributed by atoms with Gasteiger partial charge in [-0.1, -0.05) is 92.5 Å². The maximum atomic E-state index is 15.0. The minimum absolute atomic E-state index is 0.0492. The lowest BCUT2D eigenvalue weighted by atomic mass is 10.0. The van der Waals surface area contributed by atoms with E-state index < -0.39 is 23.3 Å². The lowest BCUT2D eigenvalue weighted by molar-refractivity contribution is -0.141. The third kappa shape index (κ3) is 7.96. The monoisotopic (exact) mass is 502 g/mol. The van der Waals surface area contributed by atoms with E-state index in [0.29, 0.717) is 6.42 Å². The minimum Gasteiger partial charge on any atom is -0.488 e. The van der Waals surface area contributed by atoms with Crippen molar-refractivity contribution in [3.05, 3.63) is 94.3 Å². The molecule has 0 amide bonds. The SMILES string of the molecule is CCCCCc1ccc(COc2ccc(CCc3ccc([SiH2]CC)cc3)c(F)c2C(F)(F)F)cc1. The second kappa shape index (κ2) is 12.9. The first-order chi connectivity index (χ1) is 16.8. The van der Waals surface area contributed by atoms with Gasteiger partial charge in [-0.05, 0) is 54.0 Å². The maximum Gasteiger partial charge on any atom is 0.422 e. The zero-order valence-corrected chi connectivity index (χ0v) is 22.0. The van der Waals surface area contributed by atoms with Crippen LogP contribution in [0.25, 0.3) is 0 Å². The van der Waals surface area contributed by atoms with Gasteiger partial charge in [0.05, 0.1) is 9.52 Å². The number of hydrogen-bond donors (Lipinski definition) is 0. The van der Waals surface area contributed by atoms with E-state index in [2.05, 4.69) is 26.0 Å². The fourth-order valence-electron chi connectivity index (χ4n) is 4.16. The van der Waals surface area contributed by atoms with Gasteiger partial charge in [-0.2, -0.15) is 13.2 Å². The van der Waals surface area contributed by atoms with Crippen molar-refractivity contribution < 1.29 is 22.3 Å². The van der Waals surface area contributed by atoms with Gasteiger partial charge in [-0.3, -0.25) is 0 Å². The number of rotatable bonds is 12. The number of ether oxygens (including phenoxy) is 1. The Labute approximate surface area is 208 Å². The molecular formula is C29H34F4OSi. The third-order valence-electron chi connectivity index (χ3n) is 6.20. The summed E-state index contributed by atoms with van der Waals surface area (Å²) in [5.74, 6) is -1.71. The van der Waals surface area contributed by atoms with Gasteiger partial charge < -0.3 is 4.74 Å². The zero-order chi connectivity index (χ0) is 25.3. The second-order valence-electron chi connectivity index (χ2n) is 9.04. The quantitative estimate of drug-likeness (QED) is 0.145. The topological polar surface area (TPSA) is 9.23 Å². The summed E-state index contributed by atoms with van der Waals surface area (Å²) in [7, 11) is -0.244. The van der Waals surface area contributed by atoms with Gasteiger partial charge in [0.15, 0.2) is 0 Å². The van der Waals surface area contributed by atoms with Crippen molar-refractivity contribution in [1.29, 1.82) is 0 Å². The van der Waals surface area contributed by atoms with E-state index in [1.807, 2.05) is 36.4 Å². The van der Waals surface area contributed by atoms with Crippen LogP contribution in [0.5, 0.6) is 5.75 Å². The molecule has 0 unspecified atom stereocenters. The number of benzene rings is 3.